The van der Waals surface area contributed by atoms with Crippen LogP contribution >= 0.6 is 12.2 Å². The lowest BCUT2D eigenvalue weighted by Gasteiger charge is -2.09. The summed E-state index contributed by atoms with van der Waals surface area (Å²) in [7, 11) is 0. The van der Waals surface area contributed by atoms with E-state index >= 15 is 0 Å². The topological polar surface area (TPSA) is 73.3 Å². The van der Waals surface area contributed by atoms with Crippen molar-refractivity contribution in [2.75, 3.05) is 13.6 Å². The van der Waals surface area contributed by atoms with E-state index in [1.807, 2.05) is 43.3 Å². The first-order valence-electron chi connectivity index (χ1n) is 8.06. The van der Waals surface area contributed by atoms with Crippen molar-refractivity contribution in [3.8, 4) is 23.0 Å². The molecular weight excluding hydrogens is 354 g/mol. The molecule has 0 saturated heterocycles. The zero-order valence-electron chi connectivity index (χ0n) is 14.1. The highest BCUT2D eigenvalue weighted by Gasteiger charge is 2.14. The van der Waals surface area contributed by atoms with E-state index in [1.165, 1.54) is 0 Å². The van der Waals surface area contributed by atoms with Crippen LogP contribution in [0.1, 0.15) is 18.1 Å². The summed E-state index contributed by atoms with van der Waals surface area (Å²) >= 11 is 5.27. The first-order valence-corrected chi connectivity index (χ1v) is 8.46. The van der Waals surface area contributed by atoms with Crippen molar-refractivity contribution in [2.45, 2.75) is 13.5 Å². The fourth-order valence-corrected chi connectivity index (χ4v) is 2.71. The number of nitrogens with zero attached hydrogens (tertiary/aromatic N) is 1. The van der Waals surface area contributed by atoms with Crippen molar-refractivity contribution in [1.82, 2.24) is 10.7 Å². The van der Waals surface area contributed by atoms with E-state index in [4.69, 9.17) is 31.2 Å². The average molecular weight is 371 g/mol. The largest absolute Gasteiger partial charge is 0.454 e. The molecule has 2 N–H and O–H groups in total. The second-order valence-corrected chi connectivity index (χ2v) is 6.16. The lowest BCUT2D eigenvalue weighted by molar-refractivity contribution is 0.173. The van der Waals surface area contributed by atoms with E-state index in [0.29, 0.717) is 11.7 Å². The number of hydrogen-bond acceptors (Lipinski definition) is 6. The van der Waals surface area contributed by atoms with Gasteiger partial charge in [0, 0.05) is 12.1 Å². The molecule has 2 aliphatic rings. The lowest BCUT2D eigenvalue weighted by Crippen LogP contribution is -2.32. The SMILES string of the molecule is C/C(=N/NC(=S)NCc1ccc2c(c1)OCO2)c1ccc2c(c1)OCO2. The molecule has 26 heavy (non-hydrogen) atoms. The van der Waals surface area contributed by atoms with Crippen molar-refractivity contribution in [3.05, 3.63) is 47.5 Å². The molecule has 0 amide bonds. The van der Waals surface area contributed by atoms with Crippen molar-refractivity contribution in [1.29, 1.82) is 0 Å². The Labute approximate surface area is 155 Å². The maximum Gasteiger partial charge on any atom is 0.231 e. The Bertz CT molecular complexity index is 885. The van der Waals surface area contributed by atoms with Gasteiger partial charge in [0.1, 0.15) is 0 Å². The molecule has 4 rings (SSSR count). The molecule has 0 bridgehead atoms. The van der Waals surface area contributed by atoms with Gasteiger partial charge in [-0.25, -0.2) is 0 Å². The van der Waals surface area contributed by atoms with Crippen LogP contribution < -0.4 is 29.7 Å². The molecule has 2 aliphatic heterocycles. The van der Waals surface area contributed by atoms with Gasteiger partial charge >= 0.3 is 0 Å². The molecule has 0 spiro atoms. The van der Waals surface area contributed by atoms with E-state index in [1.54, 1.807) is 0 Å². The molecule has 0 atom stereocenters. The molecule has 8 heteroatoms. The molecular formula is C18H17N3O4S. The van der Waals surface area contributed by atoms with Crippen LogP contribution in [-0.4, -0.2) is 24.4 Å². The minimum atomic E-state index is 0.251. The standard InChI is InChI=1S/C18H17N3O4S/c1-11(13-3-5-15-17(7-13)25-10-23-15)20-21-18(26)19-8-12-2-4-14-16(6-12)24-9-22-14/h2-7H,8-10H2,1H3,(H2,19,21,26)/b20-11-. The summed E-state index contributed by atoms with van der Waals surface area (Å²) < 4.78 is 21.4. The van der Waals surface area contributed by atoms with E-state index in [-0.39, 0.29) is 13.6 Å². The summed E-state index contributed by atoms with van der Waals surface area (Å²) in [5.74, 6) is 2.98. The number of thiocarbonyl (C=S) groups is 1. The number of rotatable bonds is 4. The summed E-state index contributed by atoms with van der Waals surface area (Å²) in [6.45, 7) is 2.97. The predicted molar refractivity (Wildman–Crippen MR) is 99.9 cm³/mol. The van der Waals surface area contributed by atoms with Crippen LogP contribution in [0.15, 0.2) is 41.5 Å². The minimum absolute atomic E-state index is 0.251. The van der Waals surface area contributed by atoms with Gasteiger partial charge in [0.15, 0.2) is 28.1 Å². The number of benzene rings is 2. The Morgan fingerprint density at radius 1 is 0.962 bits per heavy atom. The molecule has 0 saturated carbocycles. The molecule has 0 aliphatic carbocycles. The van der Waals surface area contributed by atoms with Crippen LogP contribution in [0.2, 0.25) is 0 Å². The van der Waals surface area contributed by atoms with Crippen LogP contribution in [0.25, 0.3) is 0 Å². The zero-order chi connectivity index (χ0) is 17.9. The minimum Gasteiger partial charge on any atom is -0.454 e. The van der Waals surface area contributed by atoms with Gasteiger partial charge in [0.2, 0.25) is 13.6 Å². The summed E-state index contributed by atoms with van der Waals surface area (Å²) in [5.41, 5.74) is 5.61. The fourth-order valence-electron chi connectivity index (χ4n) is 2.59. The molecule has 2 aromatic rings. The molecule has 0 radical (unpaired) electrons. The monoisotopic (exact) mass is 371 g/mol. The summed E-state index contributed by atoms with van der Waals surface area (Å²) in [4.78, 5) is 0. The molecule has 0 unspecified atom stereocenters. The quantitative estimate of drug-likeness (QED) is 0.486. The highest BCUT2D eigenvalue weighted by atomic mass is 32.1. The Hall–Kier alpha value is -3.00. The van der Waals surface area contributed by atoms with Crippen molar-refractivity contribution >= 4 is 23.0 Å². The van der Waals surface area contributed by atoms with Crippen LogP contribution in [0.3, 0.4) is 0 Å². The molecule has 7 nitrogen and oxygen atoms in total. The van der Waals surface area contributed by atoms with Gasteiger partial charge in [-0.15, -0.1) is 0 Å². The predicted octanol–water partition coefficient (Wildman–Crippen LogP) is 2.53. The Morgan fingerprint density at radius 3 is 2.38 bits per heavy atom. The second-order valence-electron chi connectivity index (χ2n) is 5.75. The van der Waals surface area contributed by atoms with Gasteiger partial charge in [0.05, 0.1) is 5.71 Å². The zero-order valence-corrected chi connectivity index (χ0v) is 14.9. The van der Waals surface area contributed by atoms with Crippen LogP contribution in [0.4, 0.5) is 0 Å². The van der Waals surface area contributed by atoms with Crippen molar-refractivity contribution in [2.24, 2.45) is 5.10 Å². The van der Waals surface area contributed by atoms with Gasteiger partial charge in [-0.05, 0) is 55.0 Å². The average Bonchev–Trinajstić information content (AvgIpc) is 3.32. The van der Waals surface area contributed by atoms with Gasteiger partial charge in [-0.2, -0.15) is 5.10 Å². The van der Waals surface area contributed by atoms with Crippen molar-refractivity contribution in [3.63, 3.8) is 0 Å². The maximum absolute atomic E-state index is 5.38. The molecule has 2 aromatic carbocycles. The van der Waals surface area contributed by atoms with Crippen LogP contribution in [-0.2, 0) is 6.54 Å². The fraction of sp³-hybridized carbons (Fsp3) is 0.222. The summed E-state index contributed by atoms with van der Waals surface area (Å²) in [6, 6.07) is 11.5. The first-order chi connectivity index (χ1) is 12.7. The Kier molecular flexibility index (Phi) is 4.49. The number of fused-ring (bicyclic) bond motifs is 2. The third kappa shape index (κ3) is 3.50. The van der Waals surface area contributed by atoms with E-state index < -0.39 is 0 Å². The van der Waals surface area contributed by atoms with Gasteiger partial charge in [0.25, 0.3) is 0 Å². The van der Waals surface area contributed by atoms with Gasteiger partial charge in [-0.1, -0.05) is 6.07 Å². The number of hydrogen-bond donors (Lipinski definition) is 2. The number of ether oxygens (including phenoxy) is 4. The molecule has 0 aromatic heterocycles. The van der Waals surface area contributed by atoms with Crippen molar-refractivity contribution < 1.29 is 18.9 Å². The smallest absolute Gasteiger partial charge is 0.231 e. The number of nitrogens with one attached hydrogen (secondary N) is 2. The van der Waals surface area contributed by atoms with Crippen LogP contribution in [0.5, 0.6) is 23.0 Å². The van der Waals surface area contributed by atoms with E-state index in [2.05, 4.69) is 15.8 Å². The second kappa shape index (κ2) is 7.09. The third-order valence-corrected chi connectivity index (χ3v) is 4.24. The molecule has 2 heterocycles. The first kappa shape index (κ1) is 16.5. The Balaban J connectivity index is 1.32. The summed E-state index contributed by atoms with van der Waals surface area (Å²) in [6.07, 6.45) is 0. The Morgan fingerprint density at radius 2 is 1.62 bits per heavy atom. The molecule has 134 valence electrons. The highest BCUT2D eigenvalue weighted by molar-refractivity contribution is 7.80. The molecule has 0 fully saturated rings. The van der Waals surface area contributed by atoms with Gasteiger partial charge in [-0.3, -0.25) is 5.43 Å². The number of hydrazone groups is 1. The van der Waals surface area contributed by atoms with E-state index in [0.717, 1.165) is 39.8 Å². The van der Waals surface area contributed by atoms with E-state index in [9.17, 15) is 0 Å². The third-order valence-electron chi connectivity index (χ3n) is 4.01. The summed E-state index contributed by atoms with van der Waals surface area (Å²) in [5, 5.41) is 7.86. The highest BCUT2D eigenvalue weighted by Crippen LogP contribution is 2.33. The van der Waals surface area contributed by atoms with Crippen LogP contribution in [0, 0.1) is 0 Å². The lowest BCUT2D eigenvalue weighted by atomic mass is 10.1. The normalized spacial score (nSPS) is 14.3. The maximum atomic E-state index is 5.38. The van der Waals surface area contributed by atoms with Gasteiger partial charge < -0.3 is 24.3 Å².